The Balaban J connectivity index is 2.15. The number of aryl methyl sites for hydroxylation is 1. The summed E-state index contributed by atoms with van der Waals surface area (Å²) in [5, 5.41) is 22.2. The van der Waals surface area contributed by atoms with E-state index in [1.54, 1.807) is 25.1 Å². The van der Waals surface area contributed by atoms with E-state index in [0.717, 1.165) is 0 Å². The molecule has 2 atom stereocenters. The van der Waals surface area contributed by atoms with Crippen molar-refractivity contribution in [1.29, 1.82) is 5.26 Å². The molecular formula is C15H10ClN5O2. The van der Waals surface area contributed by atoms with Crippen LogP contribution in [-0.2, 0) is 15.0 Å². The van der Waals surface area contributed by atoms with Gasteiger partial charge in [-0.05, 0) is 30.7 Å². The van der Waals surface area contributed by atoms with Gasteiger partial charge >= 0.3 is 0 Å². The summed E-state index contributed by atoms with van der Waals surface area (Å²) in [6.45, 7) is 1.75. The number of nitrogens with zero attached hydrogens (tertiary/aromatic N) is 2. The molecule has 2 aliphatic rings. The van der Waals surface area contributed by atoms with E-state index in [1.165, 1.54) is 0 Å². The monoisotopic (exact) mass is 327 g/mol. The van der Waals surface area contributed by atoms with Crippen LogP contribution in [0.25, 0.3) is 0 Å². The van der Waals surface area contributed by atoms with Crippen LogP contribution in [0.2, 0.25) is 5.02 Å². The van der Waals surface area contributed by atoms with E-state index in [9.17, 15) is 14.9 Å². The van der Waals surface area contributed by atoms with Crippen LogP contribution in [0, 0.1) is 24.2 Å². The van der Waals surface area contributed by atoms with Crippen LogP contribution in [0.15, 0.2) is 18.2 Å². The lowest BCUT2D eigenvalue weighted by atomic mass is 9.64. The topological polar surface area (TPSA) is 111 Å². The van der Waals surface area contributed by atoms with Crippen molar-refractivity contribution in [3.05, 3.63) is 40.0 Å². The number of amides is 2. The number of hydrogen-bond donors (Lipinski definition) is 3. The molecule has 0 bridgehead atoms. The van der Waals surface area contributed by atoms with Gasteiger partial charge in [0.2, 0.25) is 11.8 Å². The Hall–Kier alpha value is -2.85. The second-order valence-corrected chi connectivity index (χ2v) is 6.01. The molecular weight excluding hydrogens is 318 g/mol. The maximum absolute atomic E-state index is 12.9. The smallest absolute Gasteiger partial charge is 0.244 e. The quantitative estimate of drug-likeness (QED) is 0.683. The van der Waals surface area contributed by atoms with E-state index >= 15 is 0 Å². The zero-order chi connectivity index (χ0) is 16.4. The van der Waals surface area contributed by atoms with Crippen LogP contribution in [0.4, 0.5) is 11.5 Å². The predicted octanol–water partition coefficient (Wildman–Crippen LogP) is 1.70. The highest BCUT2D eigenvalue weighted by atomic mass is 35.5. The van der Waals surface area contributed by atoms with E-state index < -0.39 is 23.1 Å². The van der Waals surface area contributed by atoms with Crippen LogP contribution in [-0.4, -0.2) is 22.0 Å². The number of nitriles is 1. The molecule has 8 heteroatoms. The highest BCUT2D eigenvalue weighted by Gasteiger charge is 2.61. The number of carbonyl (C=O) groups excluding carboxylic acids is 2. The van der Waals surface area contributed by atoms with Gasteiger partial charge < -0.3 is 10.6 Å². The van der Waals surface area contributed by atoms with Gasteiger partial charge in [0, 0.05) is 22.0 Å². The maximum atomic E-state index is 12.9. The molecule has 3 heterocycles. The molecule has 7 nitrogen and oxygen atoms in total. The first-order valence-electron chi connectivity index (χ1n) is 6.87. The van der Waals surface area contributed by atoms with Crippen LogP contribution in [0.1, 0.15) is 16.8 Å². The maximum Gasteiger partial charge on any atom is 0.244 e. The SMILES string of the molecule is Cc1[nH]nc2c1[C@@]1(C(=O)Nc3ccc(Cl)cc31)[C@H](C#N)C(=O)N2. The van der Waals surface area contributed by atoms with Gasteiger partial charge in [-0.15, -0.1) is 0 Å². The number of anilines is 2. The minimum atomic E-state index is -1.45. The van der Waals surface area contributed by atoms with Crippen molar-refractivity contribution in [2.45, 2.75) is 12.3 Å². The minimum absolute atomic E-state index is 0.266. The lowest BCUT2D eigenvalue weighted by Crippen LogP contribution is -2.51. The van der Waals surface area contributed by atoms with Crippen molar-refractivity contribution in [2.24, 2.45) is 5.92 Å². The van der Waals surface area contributed by atoms with Gasteiger partial charge in [0.25, 0.3) is 0 Å². The minimum Gasteiger partial charge on any atom is -0.325 e. The van der Waals surface area contributed by atoms with E-state index in [0.29, 0.717) is 27.5 Å². The number of carbonyl (C=O) groups is 2. The fraction of sp³-hybridized carbons (Fsp3) is 0.200. The molecule has 0 unspecified atom stereocenters. The lowest BCUT2D eigenvalue weighted by molar-refractivity contribution is -0.127. The summed E-state index contributed by atoms with van der Waals surface area (Å²) in [4.78, 5) is 25.3. The van der Waals surface area contributed by atoms with Crippen LogP contribution < -0.4 is 10.6 Å². The molecule has 0 radical (unpaired) electrons. The fourth-order valence-electron chi connectivity index (χ4n) is 3.52. The van der Waals surface area contributed by atoms with Gasteiger partial charge in [-0.3, -0.25) is 14.7 Å². The number of aromatic nitrogens is 2. The summed E-state index contributed by atoms with van der Waals surface area (Å²) < 4.78 is 0. The zero-order valence-corrected chi connectivity index (χ0v) is 12.7. The van der Waals surface area contributed by atoms with Crippen LogP contribution >= 0.6 is 11.6 Å². The Labute approximate surface area is 135 Å². The number of benzene rings is 1. The van der Waals surface area contributed by atoms with E-state index in [4.69, 9.17) is 11.6 Å². The zero-order valence-electron chi connectivity index (χ0n) is 11.9. The average molecular weight is 328 g/mol. The largest absolute Gasteiger partial charge is 0.325 e. The number of hydrogen-bond acceptors (Lipinski definition) is 4. The molecule has 23 heavy (non-hydrogen) atoms. The van der Waals surface area contributed by atoms with Crippen molar-refractivity contribution in [3.63, 3.8) is 0 Å². The van der Waals surface area contributed by atoms with Gasteiger partial charge in [0.1, 0.15) is 11.3 Å². The van der Waals surface area contributed by atoms with E-state index in [-0.39, 0.29) is 5.82 Å². The van der Waals surface area contributed by atoms with Crippen molar-refractivity contribution >= 4 is 34.9 Å². The van der Waals surface area contributed by atoms with Crippen molar-refractivity contribution < 1.29 is 9.59 Å². The number of nitrogens with one attached hydrogen (secondary N) is 3. The van der Waals surface area contributed by atoms with Crippen molar-refractivity contribution in [2.75, 3.05) is 10.6 Å². The number of aromatic amines is 1. The molecule has 0 saturated carbocycles. The first-order chi connectivity index (χ1) is 11.0. The summed E-state index contributed by atoms with van der Waals surface area (Å²) in [6.07, 6.45) is 0. The molecule has 0 aliphatic carbocycles. The Morgan fingerprint density at radius 3 is 2.87 bits per heavy atom. The van der Waals surface area contributed by atoms with Gasteiger partial charge in [-0.1, -0.05) is 11.6 Å². The van der Waals surface area contributed by atoms with Gasteiger partial charge in [-0.2, -0.15) is 10.4 Å². The van der Waals surface area contributed by atoms with Crippen molar-refractivity contribution in [1.82, 2.24) is 10.2 Å². The van der Waals surface area contributed by atoms with Crippen LogP contribution in [0.5, 0.6) is 0 Å². The third-order valence-corrected chi connectivity index (χ3v) is 4.66. The van der Waals surface area contributed by atoms with Crippen molar-refractivity contribution in [3.8, 4) is 6.07 Å². The molecule has 1 spiro atoms. The number of halogens is 1. The Morgan fingerprint density at radius 2 is 2.13 bits per heavy atom. The normalized spacial score (nSPS) is 24.7. The molecule has 4 rings (SSSR count). The molecule has 2 aliphatic heterocycles. The Bertz CT molecular complexity index is 928. The summed E-state index contributed by atoms with van der Waals surface area (Å²) in [7, 11) is 0. The van der Waals surface area contributed by atoms with Gasteiger partial charge in [0.15, 0.2) is 5.82 Å². The average Bonchev–Trinajstić information content (AvgIpc) is 3.00. The molecule has 0 fully saturated rings. The van der Waals surface area contributed by atoms with Crippen LogP contribution in [0.3, 0.4) is 0 Å². The molecule has 1 aromatic carbocycles. The lowest BCUT2D eigenvalue weighted by Gasteiger charge is -2.35. The highest BCUT2D eigenvalue weighted by Crippen LogP contribution is 2.53. The molecule has 1 aromatic heterocycles. The standard InChI is InChI=1S/C15H10ClN5O2/c1-6-11-12(21-20-6)19-13(22)9(5-17)15(11)8-4-7(16)2-3-10(8)18-14(15)23/h2-4,9H,1H3,(H,18,23)(H2,19,20,21,22)/t9-,15+/m1/s1. The fourth-order valence-corrected chi connectivity index (χ4v) is 3.69. The summed E-state index contributed by atoms with van der Waals surface area (Å²) in [5.74, 6) is -1.94. The molecule has 114 valence electrons. The van der Waals surface area contributed by atoms with Gasteiger partial charge in [0.05, 0.1) is 6.07 Å². The third-order valence-electron chi connectivity index (χ3n) is 4.42. The van der Waals surface area contributed by atoms with E-state index in [1.807, 2.05) is 6.07 Å². The molecule has 2 aromatic rings. The third kappa shape index (κ3) is 1.51. The first-order valence-corrected chi connectivity index (χ1v) is 7.25. The second kappa shape index (κ2) is 4.33. The number of H-pyrrole nitrogens is 1. The number of fused-ring (bicyclic) bond motifs is 4. The Morgan fingerprint density at radius 1 is 1.35 bits per heavy atom. The Kier molecular flexibility index (Phi) is 2.60. The highest BCUT2D eigenvalue weighted by molar-refractivity contribution is 6.31. The first kappa shape index (κ1) is 13.8. The van der Waals surface area contributed by atoms with E-state index in [2.05, 4.69) is 20.8 Å². The van der Waals surface area contributed by atoms with Gasteiger partial charge in [-0.25, -0.2) is 0 Å². The summed E-state index contributed by atoms with van der Waals surface area (Å²) in [6, 6.07) is 6.91. The number of rotatable bonds is 0. The summed E-state index contributed by atoms with van der Waals surface area (Å²) in [5.41, 5.74) is 0.720. The molecule has 3 N–H and O–H groups in total. The summed E-state index contributed by atoms with van der Waals surface area (Å²) >= 11 is 6.10. The molecule has 0 saturated heterocycles. The second-order valence-electron chi connectivity index (χ2n) is 5.58. The predicted molar refractivity (Wildman–Crippen MR) is 81.9 cm³/mol. The molecule has 2 amide bonds.